The van der Waals surface area contributed by atoms with Crippen molar-refractivity contribution in [3.05, 3.63) is 52.4 Å². The molecule has 2 aromatic rings. The number of nitrogens with zero attached hydrogens (tertiary/aromatic N) is 1. The van der Waals surface area contributed by atoms with Gasteiger partial charge in [0.2, 0.25) is 0 Å². The maximum atomic E-state index is 12.2. The van der Waals surface area contributed by atoms with Crippen molar-refractivity contribution >= 4 is 28.3 Å². The van der Waals surface area contributed by atoms with Gasteiger partial charge in [-0.25, -0.2) is 4.79 Å². The summed E-state index contributed by atoms with van der Waals surface area (Å²) in [6, 6.07) is 9.36. The molecule has 1 fully saturated rings. The third-order valence-corrected chi connectivity index (χ3v) is 4.80. The van der Waals surface area contributed by atoms with Crippen LogP contribution in [0.4, 0.5) is 9.80 Å². The summed E-state index contributed by atoms with van der Waals surface area (Å²) >= 11 is 1.49. The summed E-state index contributed by atoms with van der Waals surface area (Å²) in [6.45, 7) is 4.74. The first-order valence-corrected chi connectivity index (χ1v) is 8.29. The number of nitrogens with one attached hydrogen (secondary N) is 1. The van der Waals surface area contributed by atoms with Gasteiger partial charge in [0.15, 0.2) is 0 Å². The lowest BCUT2D eigenvalue weighted by molar-refractivity contribution is 0.0916. The highest BCUT2D eigenvalue weighted by molar-refractivity contribution is 7.14. The van der Waals surface area contributed by atoms with Gasteiger partial charge < -0.3 is 10.1 Å². The van der Waals surface area contributed by atoms with E-state index in [1.165, 1.54) is 11.3 Å². The van der Waals surface area contributed by atoms with Crippen LogP contribution in [0.15, 0.2) is 35.7 Å². The minimum atomic E-state index is -0.363. The quantitative estimate of drug-likeness (QED) is 0.937. The van der Waals surface area contributed by atoms with E-state index in [-0.39, 0.29) is 18.1 Å². The Hall–Kier alpha value is -2.34. The molecule has 1 aromatic carbocycles. The summed E-state index contributed by atoms with van der Waals surface area (Å²) in [5.74, 6) is -0.154. The average molecular weight is 330 g/mol. The molecule has 0 bridgehead atoms. The molecule has 0 radical (unpaired) electrons. The summed E-state index contributed by atoms with van der Waals surface area (Å²) < 4.78 is 5.31. The van der Waals surface area contributed by atoms with Crippen molar-refractivity contribution in [2.24, 2.45) is 0 Å². The van der Waals surface area contributed by atoms with Crippen LogP contribution >= 0.6 is 11.3 Å². The van der Waals surface area contributed by atoms with E-state index in [4.69, 9.17) is 4.74 Å². The van der Waals surface area contributed by atoms with Gasteiger partial charge in [-0.3, -0.25) is 9.69 Å². The molecule has 0 saturated carbocycles. The van der Waals surface area contributed by atoms with E-state index in [2.05, 4.69) is 5.32 Å². The van der Waals surface area contributed by atoms with Crippen molar-refractivity contribution in [2.45, 2.75) is 20.0 Å². The number of aryl methyl sites for hydroxylation is 2. The van der Waals surface area contributed by atoms with Crippen LogP contribution in [0.1, 0.15) is 21.5 Å². The Bertz CT molecular complexity index is 727. The third kappa shape index (κ3) is 3.37. The summed E-state index contributed by atoms with van der Waals surface area (Å²) in [5.41, 5.74) is 2.85. The highest BCUT2D eigenvalue weighted by atomic mass is 32.1. The standard InChI is InChI=1S/C17H18N2O3S/c1-11-5-6-13(8-12(11)2)16(20)18-9-14-10-19(17(21)22-14)15-4-3-7-23-15/h3-8,14H,9-10H2,1-2H3,(H,18,20). The monoisotopic (exact) mass is 330 g/mol. The molecule has 23 heavy (non-hydrogen) atoms. The molecule has 2 heterocycles. The Kier molecular flexibility index (Phi) is 4.34. The zero-order valence-corrected chi connectivity index (χ0v) is 13.9. The lowest BCUT2D eigenvalue weighted by Crippen LogP contribution is -2.34. The molecule has 2 amide bonds. The summed E-state index contributed by atoms with van der Waals surface area (Å²) in [7, 11) is 0. The second kappa shape index (κ2) is 6.42. The molecule has 120 valence electrons. The average Bonchev–Trinajstić information content (AvgIpc) is 3.17. The smallest absolute Gasteiger partial charge is 0.415 e. The number of cyclic esters (lactones) is 1. The van der Waals surface area contributed by atoms with Crippen molar-refractivity contribution < 1.29 is 14.3 Å². The van der Waals surface area contributed by atoms with Crippen LogP contribution in [0, 0.1) is 13.8 Å². The van der Waals surface area contributed by atoms with E-state index in [0.29, 0.717) is 18.7 Å². The number of thiophene rings is 1. The molecule has 1 unspecified atom stereocenters. The number of ether oxygens (including phenoxy) is 1. The topological polar surface area (TPSA) is 58.6 Å². The van der Waals surface area contributed by atoms with Crippen LogP contribution in [0.2, 0.25) is 0 Å². The number of hydrogen-bond donors (Lipinski definition) is 1. The van der Waals surface area contributed by atoms with Gasteiger partial charge in [0, 0.05) is 5.56 Å². The maximum absolute atomic E-state index is 12.2. The number of benzene rings is 1. The Balaban J connectivity index is 1.57. The lowest BCUT2D eigenvalue weighted by atomic mass is 10.1. The molecule has 1 N–H and O–H groups in total. The molecular weight excluding hydrogens is 312 g/mol. The van der Waals surface area contributed by atoms with Crippen molar-refractivity contribution in [1.29, 1.82) is 0 Å². The number of carbonyl (C=O) groups is 2. The number of anilines is 1. The summed E-state index contributed by atoms with van der Waals surface area (Å²) in [5, 5.41) is 5.61. The van der Waals surface area contributed by atoms with Gasteiger partial charge in [-0.15, -0.1) is 11.3 Å². The zero-order valence-electron chi connectivity index (χ0n) is 13.0. The van der Waals surface area contributed by atoms with E-state index >= 15 is 0 Å². The van der Waals surface area contributed by atoms with E-state index in [1.807, 2.05) is 43.5 Å². The van der Waals surface area contributed by atoms with Gasteiger partial charge >= 0.3 is 6.09 Å². The third-order valence-electron chi connectivity index (χ3n) is 3.91. The number of carbonyl (C=O) groups excluding carboxylic acids is 2. The van der Waals surface area contributed by atoms with Crippen molar-refractivity contribution in [3.8, 4) is 0 Å². The molecule has 0 spiro atoms. The van der Waals surface area contributed by atoms with Gasteiger partial charge in [0.05, 0.1) is 13.1 Å². The molecule has 5 nitrogen and oxygen atoms in total. The molecule has 1 aliphatic rings. The lowest BCUT2D eigenvalue weighted by Gasteiger charge is -2.11. The molecule has 6 heteroatoms. The van der Waals surface area contributed by atoms with E-state index in [9.17, 15) is 9.59 Å². The van der Waals surface area contributed by atoms with Crippen molar-refractivity contribution in [2.75, 3.05) is 18.0 Å². The molecule has 1 aromatic heterocycles. The predicted octanol–water partition coefficient (Wildman–Crippen LogP) is 3.12. The molecule has 0 aliphatic carbocycles. The molecule has 1 aliphatic heterocycles. The van der Waals surface area contributed by atoms with Crippen LogP contribution in [-0.4, -0.2) is 31.2 Å². The van der Waals surface area contributed by atoms with Gasteiger partial charge in [0.1, 0.15) is 11.1 Å². The second-order valence-electron chi connectivity index (χ2n) is 5.58. The van der Waals surface area contributed by atoms with E-state index in [0.717, 1.165) is 16.1 Å². The first kappa shape index (κ1) is 15.6. The Labute approximate surface area is 138 Å². The maximum Gasteiger partial charge on any atom is 0.415 e. The zero-order chi connectivity index (χ0) is 16.4. The Morgan fingerprint density at radius 1 is 1.35 bits per heavy atom. The fourth-order valence-corrected chi connectivity index (χ4v) is 3.15. The molecule has 1 saturated heterocycles. The van der Waals surface area contributed by atoms with E-state index in [1.54, 1.807) is 11.0 Å². The summed E-state index contributed by atoms with van der Waals surface area (Å²) in [4.78, 5) is 25.7. The van der Waals surface area contributed by atoms with Crippen LogP contribution in [0.5, 0.6) is 0 Å². The number of amides is 2. The SMILES string of the molecule is Cc1ccc(C(=O)NCC2CN(c3cccs3)C(=O)O2)cc1C. The minimum Gasteiger partial charge on any atom is -0.442 e. The van der Waals surface area contributed by atoms with Crippen LogP contribution in [-0.2, 0) is 4.74 Å². The number of rotatable bonds is 4. The van der Waals surface area contributed by atoms with Crippen LogP contribution < -0.4 is 10.2 Å². The predicted molar refractivity (Wildman–Crippen MR) is 90.2 cm³/mol. The first-order chi connectivity index (χ1) is 11.0. The second-order valence-corrected chi connectivity index (χ2v) is 6.50. The fourth-order valence-electron chi connectivity index (χ4n) is 2.42. The van der Waals surface area contributed by atoms with Gasteiger partial charge in [0.25, 0.3) is 5.91 Å². The first-order valence-electron chi connectivity index (χ1n) is 7.41. The minimum absolute atomic E-state index is 0.154. The highest BCUT2D eigenvalue weighted by Gasteiger charge is 2.33. The van der Waals surface area contributed by atoms with Crippen LogP contribution in [0.3, 0.4) is 0 Å². The largest absolute Gasteiger partial charge is 0.442 e. The highest BCUT2D eigenvalue weighted by Crippen LogP contribution is 2.26. The molecule has 1 atom stereocenters. The Morgan fingerprint density at radius 3 is 2.87 bits per heavy atom. The Morgan fingerprint density at radius 2 is 2.17 bits per heavy atom. The van der Waals surface area contributed by atoms with Gasteiger partial charge in [-0.1, -0.05) is 6.07 Å². The summed E-state index contributed by atoms with van der Waals surface area (Å²) in [6.07, 6.45) is -0.696. The van der Waals surface area contributed by atoms with Crippen molar-refractivity contribution in [1.82, 2.24) is 5.32 Å². The van der Waals surface area contributed by atoms with E-state index < -0.39 is 0 Å². The van der Waals surface area contributed by atoms with Gasteiger partial charge in [-0.2, -0.15) is 0 Å². The number of hydrogen-bond acceptors (Lipinski definition) is 4. The van der Waals surface area contributed by atoms with Crippen molar-refractivity contribution in [3.63, 3.8) is 0 Å². The van der Waals surface area contributed by atoms with Gasteiger partial charge in [-0.05, 0) is 54.6 Å². The normalized spacial score (nSPS) is 17.2. The molecular formula is C17H18N2O3S. The molecule has 3 rings (SSSR count). The van der Waals surface area contributed by atoms with Crippen LogP contribution in [0.25, 0.3) is 0 Å². The fraction of sp³-hybridized carbons (Fsp3) is 0.294.